The Morgan fingerprint density at radius 1 is 1.24 bits per heavy atom. The summed E-state index contributed by atoms with van der Waals surface area (Å²) in [6.45, 7) is 0.387. The molecular formula is C14H13ClN2O3S. The lowest BCUT2D eigenvalue weighted by Crippen LogP contribution is -2.27. The molecule has 0 aliphatic heterocycles. The Hall–Kier alpha value is -2.05. The van der Waals surface area contributed by atoms with Crippen molar-refractivity contribution in [2.75, 3.05) is 5.32 Å². The van der Waals surface area contributed by atoms with E-state index in [1.165, 1.54) is 11.3 Å². The predicted molar refractivity (Wildman–Crippen MR) is 83.0 cm³/mol. The molecule has 1 heterocycles. The molecule has 0 aliphatic carbocycles. The molecule has 0 unspecified atom stereocenters. The minimum atomic E-state index is -0.911. The molecule has 5 nitrogen and oxygen atoms in total. The van der Waals surface area contributed by atoms with Gasteiger partial charge >= 0.3 is 12.0 Å². The standard InChI is InChI=1S/C14H13ClN2O3S/c15-12-5-4-11(21-12)8-16-14(20)17-10-3-1-2-9(6-10)7-13(18)19/h1-6H,7-8H2,(H,18,19)(H2,16,17,20). The van der Waals surface area contributed by atoms with Gasteiger partial charge in [-0.3, -0.25) is 4.79 Å². The largest absolute Gasteiger partial charge is 0.481 e. The van der Waals surface area contributed by atoms with E-state index in [9.17, 15) is 9.59 Å². The number of carbonyl (C=O) groups is 2. The fraction of sp³-hybridized carbons (Fsp3) is 0.143. The molecule has 2 rings (SSSR count). The van der Waals surface area contributed by atoms with Crippen LogP contribution >= 0.6 is 22.9 Å². The first-order valence-corrected chi connectivity index (χ1v) is 7.32. The van der Waals surface area contributed by atoms with Crippen LogP contribution in [0.5, 0.6) is 0 Å². The van der Waals surface area contributed by atoms with E-state index in [4.69, 9.17) is 16.7 Å². The maximum Gasteiger partial charge on any atom is 0.319 e. The van der Waals surface area contributed by atoms with Crippen LogP contribution in [-0.2, 0) is 17.8 Å². The lowest BCUT2D eigenvalue weighted by Gasteiger charge is -2.07. The van der Waals surface area contributed by atoms with Crippen molar-refractivity contribution in [3.63, 3.8) is 0 Å². The number of carboxylic acid groups (broad SMARTS) is 1. The summed E-state index contributed by atoms with van der Waals surface area (Å²) in [6.07, 6.45) is -0.0785. The maximum absolute atomic E-state index is 11.8. The number of urea groups is 1. The minimum Gasteiger partial charge on any atom is -0.481 e. The average molecular weight is 325 g/mol. The van der Waals surface area contributed by atoms with Crippen LogP contribution in [0.3, 0.4) is 0 Å². The highest BCUT2D eigenvalue weighted by Gasteiger charge is 2.05. The Balaban J connectivity index is 1.88. The quantitative estimate of drug-likeness (QED) is 0.789. The summed E-state index contributed by atoms with van der Waals surface area (Å²) in [5.74, 6) is -0.911. The van der Waals surface area contributed by atoms with Gasteiger partial charge < -0.3 is 15.7 Å². The molecular weight excluding hydrogens is 312 g/mol. The summed E-state index contributed by atoms with van der Waals surface area (Å²) in [7, 11) is 0. The van der Waals surface area contributed by atoms with Crippen LogP contribution in [0.1, 0.15) is 10.4 Å². The van der Waals surface area contributed by atoms with E-state index in [2.05, 4.69) is 10.6 Å². The van der Waals surface area contributed by atoms with Gasteiger partial charge in [0.15, 0.2) is 0 Å². The molecule has 0 spiro atoms. The number of nitrogens with one attached hydrogen (secondary N) is 2. The van der Waals surface area contributed by atoms with Gasteiger partial charge in [-0.1, -0.05) is 23.7 Å². The van der Waals surface area contributed by atoms with Crippen LogP contribution in [-0.4, -0.2) is 17.1 Å². The highest BCUT2D eigenvalue weighted by Crippen LogP contribution is 2.21. The number of carbonyl (C=O) groups excluding carboxylic acids is 1. The molecule has 2 aromatic rings. The third-order valence-corrected chi connectivity index (χ3v) is 3.82. The summed E-state index contributed by atoms with van der Waals surface area (Å²) in [5.41, 5.74) is 1.18. The molecule has 0 radical (unpaired) electrons. The van der Waals surface area contributed by atoms with Crippen molar-refractivity contribution < 1.29 is 14.7 Å². The highest BCUT2D eigenvalue weighted by atomic mass is 35.5. The van der Waals surface area contributed by atoms with Crippen molar-refractivity contribution in [2.45, 2.75) is 13.0 Å². The topological polar surface area (TPSA) is 78.4 Å². The van der Waals surface area contributed by atoms with E-state index in [-0.39, 0.29) is 12.5 Å². The molecule has 1 aromatic carbocycles. The number of benzene rings is 1. The van der Waals surface area contributed by atoms with Crippen molar-refractivity contribution in [3.8, 4) is 0 Å². The Labute approximate surface area is 130 Å². The number of aliphatic carboxylic acids is 1. The first-order valence-electron chi connectivity index (χ1n) is 6.13. The number of carboxylic acids is 1. The van der Waals surface area contributed by atoms with Crippen LogP contribution in [0.2, 0.25) is 4.34 Å². The first-order chi connectivity index (χ1) is 10.0. The number of halogens is 1. The van der Waals surface area contributed by atoms with E-state index in [1.807, 2.05) is 6.07 Å². The zero-order valence-electron chi connectivity index (χ0n) is 10.9. The van der Waals surface area contributed by atoms with Gasteiger partial charge in [-0.2, -0.15) is 0 Å². The Bertz CT molecular complexity index is 657. The zero-order chi connectivity index (χ0) is 15.2. The Kier molecular flexibility index (Phi) is 5.19. The molecule has 2 amide bonds. The second kappa shape index (κ2) is 7.10. The molecule has 21 heavy (non-hydrogen) atoms. The Morgan fingerprint density at radius 3 is 2.71 bits per heavy atom. The molecule has 0 bridgehead atoms. The number of hydrogen-bond acceptors (Lipinski definition) is 3. The smallest absolute Gasteiger partial charge is 0.319 e. The van der Waals surface area contributed by atoms with Crippen molar-refractivity contribution in [1.82, 2.24) is 5.32 Å². The van der Waals surface area contributed by atoms with Crippen LogP contribution in [0.15, 0.2) is 36.4 Å². The maximum atomic E-state index is 11.8. The van der Waals surface area contributed by atoms with Gasteiger partial charge in [0, 0.05) is 10.6 Å². The molecule has 0 fully saturated rings. The first kappa shape index (κ1) is 15.3. The minimum absolute atomic E-state index is 0.0785. The SMILES string of the molecule is O=C(O)Cc1cccc(NC(=O)NCc2ccc(Cl)s2)c1. The molecule has 0 saturated heterocycles. The van der Waals surface area contributed by atoms with Gasteiger partial charge in [0.1, 0.15) is 0 Å². The molecule has 110 valence electrons. The zero-order valence-corrected chi connectivity index (χ0v) is 12.5. The lowest BCUT2D eigenvalue weighted by atomic mass is 10.1. The fourth-order valence-electron chi connectivity index (χ4n) is 1.72. The monoisotopic (exact) mass is 324 g/mol. The number of amides is 2. The fourth-order valence-corrected chi connectivity index (χ4v) is 2.75. The van der Waals surface area contributed by atoms with Crippen molar-refractivity contribution >= 4 is 40.6 Å². The van der Waals surface area contributed by atoms with E-state index >= 15 is 0 Å². The van der Waals surface area contributed by atoms with Crippen molar-refractivity contribution in [3.05, 3.63) is 51.2 Å². The highest BCUT2D eigenvalue weighted by molar-refractivity contribution is 7.16. The summed E-state index contributed by atoms with van der Waals surface area (Å²) >= 11 is 7.21. The third-order valence-electron chi connectivity index (χ3n) is 2.59. The molecule has 3 N–H and O–H groups in total. The summed E-state index contributed by atoms with van der Waals surface area (Å²) in [6, 6.07) is 10.0. The van der Waals surface area contributed by atoms with Gasteiger partial charge in [-0.05, 0) is 29.8 Å². The number of rotatable bonds is 5. The molecule has 7 heteroatoms. The summed E-state index contributed by atoms with van der Waals surface area (Å²) in [5, 5.41) is 14.1. The van der Waals surface area contributed by atoms with Crippen LogP contribution in [0.25, 0.3) is 0 Å². The van der Waals surface area contributed by atoms with Gasteiger partial charge in [-0.25, -0.2) is 4.79 Å². The molecule has 0 aliphatic rings. The summed E-state index contributed by atoms with van der Waals surface area (Å²) in [4.78, 5) is 23.4. The van der Waals surface area contributed by atoms with Gasteiger partial charge in [0.2, 0.25) is 0 Å². The predicted octanol–water partition coefficient (Wildman–Crippen LogP) is 3.35. The van der Waals surface area contributed by atoms with E-state index < -0.39 is 5.97 Å². The number of hydrogen-bond donors (Lipinski definition) is 3. The van der Waals surface area contributed by atoms with Gasteiger partial charge in [0.25, 0.3) is 0 Å². The van der Waals surface area contributed by atoms with Crippen LogP contribution in [0.4, 0.5) is 10.5 Å². The third kappa shape index (κ3) is 5.09. The molecule has 0 atom stereocenters. The average Bonchev–Trinajstić information content (AvgIpc) is 2.82. The molecule has 0 saturated carbocycles. The van der Waals surface area contributed by atoms with Crippen molar-refractivity contribution in [1.29, 1.82) is 0 Å². The number of thiophene rings is 1. The van der Waals surface area contributed by atoms with Crippen LogP contribution < -0.4 is 10.6 Å². The second-order valence-corrected chi connectivity index (χ2v) is 6.08. The molecule has 1 aromatic heterocycles. The normalized spacial score (nSPS) is 10.1. The van der Waals surface area contributed by atoms with E-state index in [0.29, 0.717) is 22.1 Å². The number of anilines is 1. The van der Waals surface area contributed by atoms with Crippen LogP contribution in [0, 0.1) is 0 Å². The van der Waals surface area contributed by atoms with Gasteiger partial charge in [-0.15, -0.1) is 11.3 Å². The second-order valence-electron chi connectivity index (χ2n) is 4.28. The van der Waals surface area contributed by atoms with Gasteiger partial charge in [0.05, 0.1) is 17.3 Å². The lowest BCUT2D eigenvalue weighted by molar-refractivity contribution is -0.136. The Morgan fingerprint density at radius 2 is 2.05 bits per heavy atom. The van der Waals surface area contributed by atoms with Crippen molar-refractivity contribution in [2.24, 2.45) is 0 Å². The summed E-state index contributed by atoms with van der Waals surface area (Å²) < 4.78 is 0.675. The van der Waals surface area contributed by atoms with E-state index in [1.54, 1.807) is 30.3 Å². The van der Waals surface area contributed by atoms with E-state index in [0.717, 1.165) is 4.88 Å².